The van der Waals surface area contributed by atoms with E-state index in [0.29, 0.717) is 71.3 Å². The first-order valence-electron chi connectivity index (χ1n) is 10.1. The largest absolute Gasteiger partial charge is 0.450 e. The summed E-state index contributed by atoms with van der Waals surface area (Å²) < 4.78 is 25.0. The predicted molar refractivity (Wildman–Crippen MR) is 125 cm³/mol. The number of aliphatic imine (C=N–C) groups is 1. The molecule has 1 N–H and O–H groups in total. The van der Waals surface area contributed by atoms with Gasteiger partial charge in [-0.15, -0.1) is 24.0 Å². The van der Waals surface area contributed by atoms with Gasteiger partial charge in [0.05, 0.1) is 25.5 Å². The first kappa shape index (κ1) is 24.4. The normalized spacial score (nSPS) is 17.4. The van der Waals surface area contributed by atoms with E-state index in [2.05, 4.69) is 15.2 Å². The van der Waals surface area contributed by atoms with Gasteiger partial charge in [0.25, 0.3) is 0 Å². The third-order valence-electron chi connectivity index (χ3n) is 5.13. The molecule has 10 heteroatoms. The van der Waals surface area contributed by atoms with E-state index in [1.807, 2.05) is 17.0 Å². The van der Waals surface area contributed by atoms with Crippen LogP contribution in [-0.4, -0.2) is 88.0 Å². The van der Waals surface area contributed by atoms with Gasteiger partial charge >= 0.3 is 6.09 Å². The van der Waals surface area contributed by atoms with Crippen molar-refractivity contribution in [3.05, 3.63) is 29.6 Å². The van der Waals surface area contributed by atoms with Crippen molar-refractivity contribution in [2.75, 3.05) is 71.0 Å². The van der Waals surface area contributed by atoms with Gasteiger partial charge in [0.15, 0.2) is 5.96 Å². The molecule has 0 saturated carbocycles. The number of ether oxygens (including phenoxy) is 2. The van der Waals surface area contributed by atoms with Gasteiger partial charge in [-0.3, -0.25) is 4.99 Å². The van der Waals surface area contributed by atoms with Gasteiger partial charge in [-0.2, -0.15) is 0 Å². The Hall–Kier alpha value is -1.82. The van der Waals surface area contributed by atoms with Crippen LogP contribution in [0.2, 0.25) is 0 Å². The smallest absolute Gasteiger partial charge is 0.409 e. The number of hydrogen-bond donors (Lipinski definition) is 1. The van der Waals surface area contributed by atoms with Crippen LogP contribution in [0.15, 0.2) is 23.2 Å². The molecule has 0 atom stereocenters. The van der Waals surface area contributed by atoms with Gasteiger partial charge in [0.1, 0.15) is 5.82 Å². The minimum absolute atomic E-state index is 0. The second-order valence-corrected chi connectivity index (χ2v) is 6.96. The summed E-state index contributed by atoms with van der Waals surface area (Å²) in [7, 11) is 1.72. The van der Waals surface area contributed by atoms with E-state index in [1.54, 1.807) is 24.9 Å². The number of rotatable bonds is 4. The van der Waals surface area contributed by atoms with Gasteiger partial charge in [-0.1, -0.05) is 6.07 Å². The average molecular weight is 535 g/mol. The van der Waals surface area contributed by atoms with Gasteiger partial charge < -0.3 is 29.5 Å². The molecule has 2 fully saturated rings. The lowest BCUT2D eigenvalue weighted by molar-refractivity contribution is 0.0914. The van der Waals surface area contributed by atoms with Crippen LogP contribution in [0.4, 0.5) is 14.9 Å². The fourth-order valence-corrected chi connectivity index (χ4v) is 3.55. The molecule has 2 aliphatic heterocycles. The van der Waals surface area contributed by atoms with Crippen LogP contribution in [0.25, 0.3) is 0 Å². The molecule has 0 radical (unpaired) electrons. The van der Waals surface area contributed by atoms with Crippen LogP contribution in [0, 0.1) is 5.82 Å². The number of morpholine rings is 1. The van der Waals surface area contributed by atoms with Gasteiger partial charge in [0, 0.05) is 52.9 Å². The third-order valence-corrected chi connectivity index (χ3v) is 5.13. The molecule has 0 spiro atoms. The van der Waals surface area contributed by atoms with Crippen LogP contribution in [-0.2, 0) is 16.0 Å². The Morgan fingerprint density at radius 3 is 2.43 bits per heavy atom. The summed E-state index contributed by atoms with van der Waals surface area (Å²) in [6.45, 7) is 7.84. The molecule has 0 unspecified atom stereocenters. The quantitative estimate of drug-likeness (QED) is 0.362. The van der Waals surface area contributed by atoms with E-state index in [4.69, 9.17) is 9.47 Å². The Morgan fingerprint density at radius 2 is 1.83 bits per heavy atom. The fraction of sp³-hybridized carbons (Fsp3) is 0.600. The van der Waals surface area contributed by atoms with Crippen molar-refractivity contribution in [3.63, 3.8) is 0 Å². The number of halogens is 2. The molecule has 2 heterocycles. The maximum absolute atomic E-state index is 14.6. The number of anilines is 1. The van der Waals surface area contributed by atoms with Gasteiger partial charge in [0.2, 0.25) is 0 Å². The summed E-state index contributed by atoms with van der Waals surface area (Å²) >= 11 is 0. The summed E-state index contributed by atoms with van der Waals surface area (Å²) in [5, 5.41) is 3.29. The lowest BCUT2D eigenvalue weighted by Gasteiger charge is -2.35. The number of guanidine groups is 1. The highest BCUT2D eigenvalue weighted by molar-refractivity contribution is 14.0. The molecule has 1 amide bonds. The highest BCUT2D eigenvalue weighted by atomic mass is 127. The summed E-state index contributed by atoms with van der Waals surface area (Å²) in [6.07, 6.45) is -0.272. The zero-order valence-electron chi connectivity index (χ0n) is 17.6. The molecule has 168 valence electrons. The molecule has 2 saturated heterocycles. The highest BCUT2D eigenvalue weighted by Crippen LogP contribution is 2.21. The lowest BCUT2D eigenvalue weighted by Crippen LogP contribution is -2.53. The predicted octanol–water partition coefficient (Wildman–Crippen LogP) is 2.13. The van der Waals surface area contributed by atoms with Crippen molar-refractivity contribution in [1.29, 1.82) is 0 Å². The van der Waals surface area contributed by atoms with E-state index in [0.717, 1.165) is 11.5 Å². The van der Waals surface area contributed by atoms with E-state index < -0.39 is 0 Å². The minimum Gasteiger partial charge on any atom is -0.450 e. The maximum Gasteiger partial charge on any atom is 0.409 e. The van der Waals surface area contributed by atoms with Crippen LogP contribution < -0.4 is 10.2 Å². The van der Waals surface area contributed by atoms with Crippen molar-refractivity contribution in [2.45, 2.75) is 13.5 Å². The number of hydrogen-bond acceptors (Lipinski definition) is 5. The van der Waals surface area contributed by atoms with Crippen LogP contribution in [0.3, 0.4) is 0 Å². The molecule has 1 aromatic rings. The number of carbonyl (C=O) groups is 1. The average Bonchev–Trinajstić information content (AvgIpc) is 2.75. The Kier molecular flexibility index (Phi) is 9.89. The van der Waals surface area contributed by atoms with Gasteiger partial charge in [-0.05, 0) is 24.6 Å². The maximum atomic E-state index is 14.6. The molecule has 2 aliphatic rings. The summed E-state index contributed by atoms with van der Waals surface area (Å²) in [5.74, 6) is 0.524. The summed E-state index contributed by atoms with van der Waals surface area (Å²) in [6, 6.07) is 5.34. The molecule has 0 bridgehead atoms. The van der Waals surface area contributed by atoms with E-state index in [9.17, 15) is 9.18 Å². The zero-order valence-corrected chi connectivity index (χ0v) is 19.9. The molecule has 8 nitrogen and oxygen atoms in total. The third kappa shape index (κ3) is 6.34. The van der Waals surface area contributed by atoms with Crippen molar-refractivity contribution in [2.24, 2.45) is 4.99 Å². The number of piperazine rings is 1. The van der Waals surface area contributed by atoms with E-state index in [-0.39, 0.29) is 35.9 Å². The van der Waals surface area contributed by atoms with E-state index >= 15 is 0 Å². The number of nitrogens with zero attached hydrogens (tertiary/aromatic N) is 4. The van der Waals surface area contributed by atoms with Crippen LogP contribution >= 0.6 is 24.0 Å². The van der Waals surface area contributed by atoms with Crippen molar-refractivity contribution in [1.82, 2.24) is 15.1 Å². The molecular weight excluding hydrogens is 504 g/mol. The second-order valence-electron chi connectivity index (χ2n) is 6.96. The second kappa shape index (κ2) is 12.1. The summed E-state index contributed by atoms with van der Waals surface area (Å²) in [4.78, 5) is 22.0. The molecule has 30 heavy (non-hydrogen) atoms. The minimum atomic E-state index is -0.272. The summed E-state index contributed by atoms with van der Waals surface area (Å²) in [5.41, 5.74) is 1.47. The topological polar surface area (TPSA) is 69.6 Å². The Bertz CT molecular complexity index is 722. The molecule has 0 aromatic heterocycles. The van der Waals surface area contributed by atoms with Crippen LogP contribution in [0.1, 0.15) is 12.5 Å². The van der Waals surface area contributed by atoms with Crippen molar-refractivity contribution < 1.29 is 18.7 Å². The van der Waals surface area contributed by atoms with Crippen molar-refractivity contribution in [3.8, 4) is 0 Å². The first-order valence-corrected chi connectivity index (χ1v) is 10.1. The monoisotopic (exact) mass is 535 g/mol. The Labute approximate surface area is 194 Å². The van der Waals surface area contributed by atoms with Crippen molar-refractivity contribution >= 4 is 41.7 Å². The van der Waals surface area contributed by atoms with Crippen LogP contribution in [0.5, 0.6) is 0 Å². The Balaban J connectivity index is 0.00000320. The number of carbonyl (C=O) groups excluding carboxylic acids is 1. The van der Waals surface area contributed by atoms with Gasteiger partial charge in [-0.25, -0.2) is 9.18 Å². The van der Waals surface area contributed by atoms with E-state index in [1.165, 1.54) is 0 Å². The number of benzene rings is 1. The molecular formula is C20H31FIN5O3. The molecule has 3 rings (SSSR count). The standard InChI is InChI=1S/C20H30FN5O3.HI/c1-3-29-20(27)26-8-6-25(7-9-26)19(22-2)23-15-16-4-5-18(17(21)14-16)24-10-12-28-13-11-24;/h4-5,14H,3,6-13,15H2,1-2H3,(H,22,23);1H. The fourth-order valence-electron chi connectivity index (χ4n) is 3.55. The molecule has 1 aromatic carbocycles. The Morgan fingerprint density at radius 1 is 1.17 bits per heavy atom. The SMILES string of the molecule is CCOC(=O)N1CCN(C(=NC)NCc2ccc(N3CCOCC3)c(F)c2)CC1.I. The first-order chi connectivity index (χ1) is 14.1. The molecule has 0 aliphatic carbocycles. The zero-order chi connectivity index (χ0) is 20.6. The number of nitrogens with one attached hydrogen (secondary N) is 1. The number of amides is 1. The highest BCUT2D eigenvalue weighted by Gasteiger charge is 2.23. The lowest BCUT2D eigenvalue weighted by atomic mass is 10.1.